The zero-order valence-electron chi connectivity index (χ0n) is 10.7. The van der Waals surface area contributed by atoms with Crippen molar-refractivity contribution in [3.05, 3.63) is 18.6 Å². The van der Waals surface area contributed by atoms with Gasteiger partial charge in [-0.3, -0.25) is 4.79 Å². The molecule has 0 aliphatic carbocycles. The molecule has 0 aromatic carbocycles. The van der Waals surface area contributed by atoms with Crippen LogP contribution in [0.1, 0.15) is 12.8 Å². The van der Waals surface area contributed by atoms with Crippen molar-refractivity contribution in [2.75, 3.05) is 24.2 Å². The summed E-state index contributed by atoms with van der Waals surface area (Å²) in [7, 11) is 1.83. The Kier molecular flexibility index (Phi) is 2.94. The van der Waals surface area contributed by atoms with E-state index in [1.165, 1.54) is 0 Å². The van der Waals surface area contributed by atoms with Crippen molar-refractivity contribution < 1.29 is 4.79 Å². The Bertz CT molecular complexity index is 597. The van der Waals surface area contributed by atoms with Crippen LogP contribution in [0.25, 0.3) is 5.65 Å². The van der Waals surface area contributed by atoms with Crippen molar-refractivity contribution in [1.29, 1.82) is 0 Å². The molecule has 0 bridgehead atoms. The minimum Gasteiger partial charge on any atom is -0.372 e. The number of imidazole rings is 1. The van der Waals surface area contributed by atoms with Crippen LogP contribution >= 0.6 is 0 Å². The lowest BCUT2D eigenvalue weighted by atomic mass is 10.1. The highest BCUT2D eigenvalue weighted by Gasteiger charge is 2.19. The molecule has 0 spiro atoms. The molecular weight excluding hydrogens is 244 g/mol. The number of rotatable bonds is 3. The molecule has 2 aromatic rings. The maximum Gasteiger partial charge on any atom is 0.220 e. The molecule has 0 radical (unpaired) electrons. The molecule has 3 N–H and O–H groups in total. The van der Waals surface area contributed by atoms with Gasteiger partial charge in [0.15, 0.2) is 11.5 Å². The third-order valence-electron chi connectivity index (χ3n) is 3.24. The van der Waals surface area contributed by atoms with Gasteiger partial charge in [0.25, 0.3) is 0 Å². The van der Waals surface area contributed by atoms with E-state index in [4.69, 9.17) is 0 Å². The molecule has 3 heterocycles. The molecular formula is C12H16N6O. The highest BCUT2D eigenvalue weighted by Crippen LogP contribution is 2.18. The van der Waals surface area contributed by atoms with Gasteiger partial charge in [0.05, 0.1) is 6.20 Å². The Morgan fingerprint density at radius 1 is 1.53 bits per heavy atom. The zero-order valence-corrected chi connectivity index (χ0v) is 10.7. The largest absolute Gasteiger partial charge is 0.372 e. The Hall–Kier alpha value is -2.31. The second-order valence-corrected chi connectivity index (χ2v) is 4.57. The summed E-state index contributed by atoms with van der Waals surface area (Å²) in [5.41, 5.74) is 0.788. The maximum atomic E-state index is 11.2. The van der Waals surface area contributed by atoms with Gasteiger partial charge in [-0.1, -0.05) is 0 Å². The summed E-state index contributed by atoms with van der Waals surface area (Å²) < 4.78 is 1.92. The van der Waals surface area contributed by atoms with Gasteiger partial charge >= 0.3 is 0 Å². The first-order valence-electron chi connectivity index (χ1n) is 6.31. The number of nitrogens with one attached hydrogen (secondary N) is 3. The maximum absolute atomic E-state index is 11.2. The van der Waals surface area contributed by atoms with Gasteiger partial charge in [-0.2, -0.15) is 0 Å². The predicted octanol–water partition coefficient (Wildman–Crippen LogP) is 0.461. The molecule has 1 fully saturated rings. The van der Waals surface area contributed by atoms with E-state index in [0.717, 1.165) is 23.7 Å². The van der Waals surface area contributed by atoms with Crippen LogP contribution in [-0.2, 0) is 4.79 Å². The Balaban J connectivity index is 1.87. The van der Waals surface area contributed by atoms with E-state index in [1.807, 2.05) is 23.8 Å². The van der Waals surface area contributed by atoms with Gasteiger partial charge < -0.3 is 20.4 Å². The minimum absolute atomic E-state index is 0.112. The van der Waals surface area contributed by atoms with Crippen molar-refractivity contribution in [2.24, 2.45) is 0 Å². The molecule has 19 heavy (non-hydrogen) atoms. The summed E-state index contributed by atoms with van der Waals surface area (Å²) in [5.74, 6) is 1.62. The standard InChI is InChI=1S/C12H16N6O/c1-13-9-7-18-5-4-14-12(18)11(17-9)16-8-2-3-10(19)15-6-8/h4-5,7-8,13H,2-3,6H2,1H3,(H,15,19)(H,16,17). The molecule has 1 aliphatic heterocycles. The zero-order chi connectivity index (χ0) is 13.2. The number of piperidine rings is 1. The van der Waals surface area contributed by atoms with E-state index in [1.54, 1.807) is 6.20 Å². The number of hydrogen-bond acceptors (Lipinski definition) is 5. The third kappa shape index (κ3) is 2.31. The van der Waals surface area contributed by atoms with E-state index in [2.05, 4.69) is 25.9 Å². The van der Waals surface area contributed by atoms with Gasteiger partial charge in [0.1, 0.15) is 5.82 Å². The molecule has 7 heteroatoms. The lowest BCUT2D eigenvalue weighted by molar-refractivity contribution is -0.122. The monoisotopic (exact) mass is 260 g/mol. The SMILES string of the molecule is CNc1cn2ccnc2c(NC2CCC(=O)NC2)n1. The molecule has 3 rings (SSSR count). The number of fused-ring (bicyclic) bond motifs is 1. The summed E-state index contributed by atoms with van der Waals surface area (Å²) in [4.78, 5) is 19.9. The highest BCUT2D eigenvalue weighted by molar-refractivity contribution is 5.77. The summed E-state index contributed by atoms with van der Waals surface area (Å²) >= 11 is 0. The van der Waals surface area contributed by atoms with Crippen LogP contribution in [-0.4, -0.2) is 39.9 Å². The lowest BCUT2D eigenvalue weighted by Crippen LogP contribution is -2.42. The highest BCUT2D eigenvalue weighted by atomic mass is 16.1. The van der Waals surface area contributed by atoms with Crippen LogP contribution in [0.15, 0.2) is 18.6 Å². The first kappa shape index (κ1) is 11.8. The van der Waals surface area contributed by atoms with Crippen LogP contribution in [0.4, 0.5) is 11.6 Å². The van der Waals surface area contributed by atoms with E-state index in [0.29, 0.717) is 13.0 Å². The van der Waals surface area contributed by atoms with Gasteiger partial charge in [-0.25, -0.2) is 9.97 Å². The fourth-order valence-electron chi connectivity index (χ4n) is 2.20. The van der Waals surface area contributed by atoms with Crippen LogP contribution in [0.3, 0.4) is 0 Å². The summed E-state index contributed by atoms with van der Waals surface area (Å²) in [6.45, 7) is 0.622. The fourth-order valence-corrected chi connectivity index (χ4v) is 2.20. The molecule has 1 amide bonds. The molecule has 0 saturated carbocycles. The molecule has 7 nitrogen and oxygen atoms in total. The van der Waals surface area contributed by atoms with Crippen LogP contribution in [0, 0.1) is 0 Å². The van der Waals surface area contributed by atoms with Crippen molar-refractivity contribution in [3.8, 4) is 0 Å². The molecule has 100 valence electrons. The molecule has 2 aromatic heterocycles. The van der Waals surface area contributed by atoms with E-state index < -0.39 is 0 Å². The van der Waals surface area contributed by atoms with Crippen LogP contribution in [0.2, 0.25) is 0 Å². The average molecular weight is 260 g/mol. The summed E-state index contributed by atoms with van der Waals surface area (Å²) in [6.07, 6.45) is 6.87. The molecule has 1 atom stereocenters. The average Bonchev–Trinajstić information content (AvgIpc) is 2.89. The summed E-state index contributed by atoms with van der Waals surface area (Å²) in [6, 6.07) is 0.192. The molecule has 1 aliphatic rings. The van der Waals surface area contributed by atoms with Gasteiger partial charge in [-0.05, 0) is 6.42 Å². The van der Waals surface area contributed by atoms with Crippen molar-refractivity contribution in [1.82, 2.24) is 19.7 Å². The van der Waals surface area contributed by atoms with E-state index >= 15 is 0 Å². The third-order valence-corrected chi connectivity index (χ3v) is 3.24. The van der Waals surface area contributed by atoms with Gasteiger partial charge in [0.2, 0.25) is 5.91 Å². The number of hydrogen-bond donors (Lipinski definition) is 3. The fraction of sp³-hybridized carbons (Fsp3) is 0.417. The minimum atomic E-state index is 0.112. The van der Waals surface area contributed by atoms with Gasteiger partial charge in [-0.15, -0.1) is 0 Å². The Morgan fingerprint density at radius 3 is 3.16 bits per heavy atom. The number of carbonyl (C=O) groups excluding carboxylic acids is 1. The number of nitrogens with zero attached hydrogens (tertiary/aromatic N) is 3. The quantitative estimate of drug-likeness (QED) is 0.747. The van der Waals surface area contributed by atoms with Crippen molar-refractivity contribution in [3.63, 3.8) is 0 Å². The van der Waals surface area contributed by atoms with E-state index in [9.17, 15) is 4.79 Å². The number of carbonyl (C=O) groups is 1. The van der Waals surface area contributed by atoms with Crippen molar-refractivity contribution in [2.45, 2.75) is 18.9 Å². The van der Waals surface area contributed by atoms with Crippen LogP contribution < -0.4 is 16.0 Å². The second-order valence-electron chi connectivity index (χ2n) is 4.57. The van der Waals surface area contributed by atoms with Crippen molar-refractivity contribution >= 4 is 23.2 Å². The first-order chi connectivity index (χ1) is 9.26. The van der Waals surface area contributed by atoms with Crippen LogP contribution in [0.5, 0.6) is 0 Å². The number of anilines is 2. The molecule has 1 saturated heterocycles. The number of amides is 1. The van der Waals surface area contributed by atoms with E-state index in [-0.39, 0.29) is 11.9 Å². The second kappa shape index (κ2) is 4.75. The number of aromatic nitrogens is 3. The normalized spacial score (nSPS) is 19.2. The Morgan fingerprint density at radius 2 is 2.42 bits per heavy atom. The summed E-state index contributed by atoms with van der Waals surface area (Å²) in [5, 5.41) is 9.23. The van der Waals surface area contributed by atoms with Gasteiger partial charge in [0, 0.05) is 38.4 Å². The first-order valence-corrected chi connectivity index (χ1v) is 6.31. The Labute approximate surface area is 110 Å². The topological polar surface area (TPSA) is 83.3 Å². The lowest BCUT2D eigenvalue weighted by Gasteiger charge is -2.24. The smallest absolute Gasteiger partial charge is 0.220 e. The predicted molar refractivity (Wildman–Crippen MR) is 72.2 cm³/mol. The molecule has 1 unspecified atom stereocenters.